The fourth-order valence-electron chi connectivity index (χ4n) is 7.37. The molecular weight excluding hydrogens is 518 g/mol. The third-order valence-electron chi connectivity index (χ3n) is 9.85. The average molecular weight is 560 g/mol. The Bertz CT molecular complexity index is 1440. The van der Waals surface area contributed by atoms with Gasteiger partial charge < -0.3 is 15.2 Å². The molecule has 0 spiro atoms. The summed E-state index contributed by atoms with van der Waals surface area (Å²) >= 11 is 0. The van der Waals surface area contributed by atoms with E-state index < -0.39 is 30.0 Å². The standard InChI is InChI=1S/C32H41N5O4/c1-6-18(4)28-32(41)36-12-8-11-24(36)30(39)37(28)31(40)27(17(2)3)34-29(38)20-13-22-21-9-7-10-23-26(21)19(15-33-23)14-25(22)35(5)16-20/h7,9-10,13,15,17-18,20,24-25,27-28,33H,6,8,11-12,14,16H2,1-5H3,(H,34,38)/t18-,20+,24+,25+,27-,28-/m0/s1. The van der Waals surface area contributed by atoms with Gasteiger partial charge in [-0.15, -0.1) is 0 Å². The number of nitrogens with one attached hydrogen (secondary N) is 2. The van der Waals surface area contributed by atoms with E-state index in [1.165, 1.54) is 15.8 Å². The molecule has 6 rings (SSSR count). The lowest BCUT2D eigenvalue weighted by molar-refractivity contribution is -0.169. The van der Waals surface area contributed by atoms with Gasteiger partial charge in [0.25, 0.3) is 11.8 Å². The van der Waals surface area contributed by atoms with Crippen LogP contribution in [0.1, 0.15) is 58.1 Å². The highest BCUT2D eigenvalue weighted by atomic mass is 16.2. The van der Waals surface area contributed by atoms with Gasteiger partial charge in [-0.2, -0.15) is 0 Å². The Hall–Kier alpha value is -3.46. The number of amides is 4. The zero-order valence-corrected chi connectivity index (χ0v) is 24.6. The molecule has 1 aromatic carbocycles. The summed E-state index contributed by atoms with van der Waals surface area (Å²) in [6, 6.07) is 4.07. The number of piperazine rings is 1. The Morgan fingerprint density at radius 2 is 1.90 bits per heavy atom. The van der Waals surface area contributed by atoms with Crippen molar-refractivity contribution in [1.29, 1.82) is 0 Å². The Balaban J connectivity index is 1.29. The predicted octanol–water partition coefficient (Wildman–Crippen LogP) is 2.95. The molecular formula is C32H41N5O4. The van der Waals surface area contributed by atoms with E-state index in [0.29, 0.717) is 25.9 Å². The predicted molar refractivity (Wildman–Crippen MR) is 156 cm³/mol. The molecule has 9 heteroatoms. The Kier molecular flexibility index (Phi) is 7.04. The second-order valence-corrected chi connectivity index (χ2v) is 12.7. The average Bonchev–Trinajstić information content (AvgIpc) is 3.62. The van der Waals surface area contributed by atoms with Crippen LogP contribution in [0.2, 0.25) is 0 Å². The number of fused-ring (bicyclic) bond motifs is 3. The van der Waals surface area contributed by atoms with Crippen molar-refractivity contribution in [3.8, 4) is 0 Å². The molecule has 4 heterocycles. The summed E-state index contributed by atoms with van der Waals surface area (Å²) in [5.41, 5.74) is 4.66. The van der Waals surface area contributed by atoms with E-state index >= 15 is 0 Å². The van der Waals surface area contributed by atoms with Crippen LogP contribution in [0.15, 0.2) is 30.5 Å². The molecule has 2 fully saturated rings. The van der Waals surface area contributed by atoms with E-state index in [1.807, 2.05) is 40.8 Å². The van der Waals surface area contributed by atoms with Crippen molar-refractivity contribution in [3.63, 3.8) is 0 Å². The van der Waals surface area contributed by atoms with Crippen LogP contribution < -0.4 is 5.32 Å². The second kappa shape index (κ2) is 10.4. The molecule has 1 aliphatic carbocycles. The van der Waals surface area contributed by atoms with Crippen LogP contribution in [-0.2, 0) is 25.6 Å². The van der Waals surface area contributed by atoms with Gasteiger partial charge in [-0.25, -0.2) is 0 Å². The first-order chi connectivity index (χ1) is 19.6. The zero-order chi connectivity index (χ0) is 29.2. The van der Waals surface area contributed by atoms with Crippen molar-refractivity contribution in [3.05, 3.63) is 41.6 Å². The van der Waals surface area contributed by atoms with Crippen LogP contribution in [0, 0.1) is 17.8 Å². The van der Waals surface area contributed by atoms with Crippen molar-refractivity contribution in [1.82, 2.24) is 25.0 Å². The first-order valence-electron chi connectivity index (χ1n) is 15.1. The van der Waals surface area contributed by atoms with Crippen LogP contribution in [0.3, 0.4) is 0 Å². The number of hydrogen-bond acceptors (Lipinski definition) is 5. The van der Waals surface area contributed by atoms with E-state index in [0.717, 1.165) is 29.5 Å². The molecule has 2 N–H and O–H groups in total. The number of nitrogens with zero attached hydrogens (tertiary/aromatic N) is 3. The number of likely N-dealkylation sites (N-methyl/N-ethyl adjacent to an activating group) is 1. The van der Waals surface area contributed by atoms with Crippen molar-refractivity contribution >= 4 is 40.1 Å². The van der Waals surface area contributed by atoms with Gasteiger partial charge in [0.15, 0.2) is 0 Å². The molecule has 4 aliphatic rings. The van der Waals surface area contributed by atoms with Crippen molar-refractivity contribution in [2.45, 2.75) is 77.5 Å². The molecule has 3 aliphatic heterocycles. The largest absolute Gasteiger partial charge is 0.361 e. The maximum Gasteiger partial charge on any atom is 0.252 e. The van der Waals surface area contributed by atoms with Gasteiger partial charge in [0, 0.05) is 36.2 Å². The molecule has 0 radical (unpaired) electrons. The molecule has 0 saturated carbocycles. The van der Waals surface area contributed by atoms with Crippen LogP contribution >= 0.6 is 0 Å². The lowest BCUT2D eigenvalue weighted by Gasteiger charge is -2.45. The number of rotatable bonds is 6. The maximum absolute atomic E-state index is 14.2. The summed E-state index contributed by atoms with van der Waals surface area (Å²) in [6.07, 6.45) is 7.01. The number of benzene rings is 1. The Morgan fingerprint density at radius 3 is 2.63 bits per heavy atom. The van der Waals surface area contributed by atoms with Crippen molar-refractivity contribution in [2.75, 3.05) is 20.1 Å². The highest BCUT2D eigenvalue weighted by Gasteiger charge is 2.53. The summed E-state index contributed by atoms with van der Waals surface area (Å²) < 4.78 is 0. The number of aromatic nitrogens is 1. The van der Waals surface area contributed by atoms with Crippen LogP contribution in [-0.4, -0.2) is 87.6 Å². The molecule has 41 heavy (non-hydrogen) atoms. The Morgan fingerprint density at radius 1 is 1.12 bits per heavy atom. The molecule has 0 unspecified atom stereocenters. The fraction of sp³-hybridized carbons (Fsp3) is 0.562. The van der Waals surface area contributed by atoms with E-state index in [-0.39, 0.29) is 35.6 Å². The minimum Gasteiger partial charge on any atom is -0.361 e. The van der Waals surface area contributed by atoms with Crippen molar-refractivity contribution in [2.24, 2.45) is 17.8 Å². The first kappa shape index (κ1) is 27.7. The quantitative estimate of drug-likeness (QED) is 0.566. The van der Waals surface area contributed by atoms with E-state index in [1.54, 1.807) is 4.90 Å². The van der Waals surface area contributed by atoms with Gasteiger partial charge in [-0.05, 0) is 60.9 Å². The molecule has 218 valence electrons. The van der Waals surface area contributed by atoms with Gasteiger partial charge in [-0.3, -0.25) is 29.0 Å². The topological polar surface area (TPSA) is 106 Å². The van der Waals surface area contributed by atoms with Crippen LogP contribution in [0.5, 0.6) is 0 Å². The van der Waals surface area contributed by atoms with Gasteiger partial charge in [-0.1, -0.05) is 52.3 Å². The van der Waals surface area contributed by atoms with Crippen molar-refractivity contribution < 1.29 is 19.2 Å². The molecule has 4 amide bonds. The van der Waals surface area contributed by atoms with Gasteiger partial charge in [0.05, 0.1) is 5.92 Å². The number of carbonyl (C=O) groups is 4. The van der Waals surface area contributed by atoms with E-state index in [4.69, 9.17) is 0 Å². The number of H-pyrrole nitrogens is 1. The zero-order valence-electron chi connectivity index (χ0n) is 24.6. The highest BCUT2D eigenvalue weighted by Crippen LogP contribution is 2.41. The third-order valence-corrected chi connectivity index (χ3v) is 9.85. The highest BCUT2D eigenvalue weighted by molar-refractivity contribution is 6.09. The van der Waals surface area contributed by atoms with E-state index in [9.17, 15) is 19.2 Å². The minimum atomic E-state index is -0.911. The van der Waals surface area contributed by atoms with E-state index in [2.05, 4.69) is 39.6 Å². The number of imide groups is 1. The molecule has 2 aromatic rings. The summed E-state index contributed by atoms with van der Waals surface area (Å²) in [5, 5.41) is 4.24. The van der Waals surface area contributed by atoms with Gasteiger partial charge in [0.2, 0.25) is 11.8 Å². The molecule has 2 saturated heterocycles. The maximum atomic E-state index is 14.2. The number of aromatic amines is 1. The van der Waals surface area contributed by atoms with Gasteiger partial charge >= 0.3 is 0 Å². The minimum absolute atomic E-state index is 0.149. The normalized spacial score (nSPS) is 27.5. The fourth-order valence-corrected chi connectivity index (χ4v) is 7.37. The summed E-state index contributed by atoms with van der Waals surface area (Å²) in [6.45, 7) is 8.70. The van der Waals surface area contributed by atoms with Crippen LogP contribution in [0.25, 0.3) is 16.5 Å². The molecule has 6 atom stereocenters. The first-order valence-corrected chi connectivity index (χ1v) is 15.1. The number of carbonyl (C=O) groups excluding carboxylic acids is 4. The SMILES string of the molecule is CC[C@H](C)[C@H]1C(=O)N2CCC[C@@H]2C(=O)N1C(=O)[C@@H](NC(=O)[C@@H]1C=C2c3cccc4[nH]cc(c34)C[C@H]2N(C)C1)C(C)C. The van der Waals surface area contributed by atoms with Gasteiger partial charge in [0.1, 0.15) is 18.1 Å². The van der Waals surface area contributed by atoms with Crippen LogP contribution in [0.4, 0.5) is 0 Å². The molecule has 0 bridgehead atoms. The lowest BCUT2D eigenvalue weighted by Crippen LogP contribution is -2.68. The monoisotopic (exact) mass is 559 g/mol. The Labute approximate surface area is 241 Å². The smallest absolute Gasteiger partial charge is 0.252 e. The third kappa shape index (κ3) is 4.40. The molecule has 1 aromatic heterocycles. The summed E-state index contributed by atoms with van der Waals surface area (Å²) in [5.74, 6) is -2.06. The summed E-state index contributed by atoms with van der Waals surface area (Å²) in [4.78, 5) is 63.7. The lowest BCUT2D eigenvalue weighted by atomic mass is 9.79. The second-order valence-electron chi connectivity index (χ2n) is 12.7. The summed E-state index contributed by atoms with van der Waals surface area (Å²) in [7, 11) is 2.04. The number of hydrogen-bond donors (Lipinski definition) is 2. The molecule has 9 nitrogen and oxygen atoms in total.